The summed E-state index contributed by atoms with van der Waals surface area (Å²) >= 11 is 6.99. The van der Waals surface area contributed by atoms with E-state index in [4.69, 9.17) is 16.3 Å². The van der Waals surface area contributed by atoms with Crippen LogP contribution in [0.5, 0.6) is 0 Å². The number of nitrogens with one attached hydrogen (secondary N) is 1. The molecule has 31 heavy (non-hydrogen) atoms. The van der Waals surface area contributed by atoms with Gasteiger partial charge in [0.05, 0.1) is 12.0 Å². The molecular weight excluding hydrogens is 458 g/mol. The minimum atomic E-state index is -4.09. The number of ether oxygens (including phenoxy) is 1. The van der Waals surface area contributed by atoms with Crippen molar-refractivity contribution >= 4 is 38.9 Å². The second kappa shape index (κ2) is 8.03. The summed E-state index contributed by atoms with van der Waals surface area (Å²) in [4.78, 5) is 13.1. The summed E-state index contributed by atoms with van der Waals surface area (Å²) in [5.74, 6) is -1.23. The molecule has 2 N–H and O–H groups in total. The maximum atomic E-state index is 13.2. The molecule has 0 radical (unpaired) electrons. The normalized spacial score (nSPS) is 22.9. The lowest BCUT2D eigenvalue weighted by Gasteiger charge is -2.23. The highest BCUT2D eigenvalue weighted by atomic mass is 35.5. The summed E-state index contributed by atoms with van der Waals surface area (Å²) in [6, 6.07) is 19.2. The van der Waals surface area contributed by atoms with E-state index in [1.54, 1.807) is 54.6 Å². The van der Waals surface area contributed by atoms with E-state index < -0.39 is 26.9 Å². The number of carbonyl (C=O) groups is 1. The first-order valence-electron chi connectivity index (χ1n) is 9.42. The summed E-state index contributed by atoms with van der Waals surface area (Å²) in [5.41, 5.74) is -1.13. The van der Waals surface area contributed by atoms with Crippen LogP contribution in [0.1, 0.15) is 12.0 Å². The lowest BCUT2D eigenvalue weighted by Crippen LogP contribution is -2.49. The molecule has 0 spiro atoms. The molecule has 1 fully saturated rings. The molecule has 0 amide bonds. The topological polar surface area (TPSA) is 92.7 Å². The standard InChI is InChI=1S/C22H20ClNO5S2/c1-29-14-21(16-5-3-2-4-6-16)13-22(21,20(25)26)24-31(27,28)19-12-11-18(30-19)15-7-9-17(23)10-8-15/h2-12,24H,13-14H2,1H3,(H,25,26). The maximum Gasteiger partial charge on any atom is 0.325 e. The Labute approximate surface area is 189 Å². The Morgan fingerprint density at radius 1 is 1.13 bits per heavy atom. The van der Waals surface area contributed by atoms with Gasteiger partial charge < -0.3 is 9.84 Å². The van der Waals surface area contributed by atoms with Crippen molar-refractivity contribution in [1.82, 2.24) is 4.72 Å². The van der Waals surface area contributed by atoms with Crippen LogP contribution < -0.4 is 4.72 Å². The van der Waals surface area contributed by atoms with Gasteiger partial charge in [-0.25, -0.2) is 8.42 Å². The van der Waals surface area contributed by atoms with Gasteiger partial charge in [0.15, 0.2) is 0 Å². The first-order chi connectivity index (χ1) is 14.7. The van der Waals surface area contributed by atoms with E-state index in [-0.39, 0.29) is 17.2 Å². The van der Waals surface area contributed by atoms with Gasteiger partial charge in [-0.15, -0.1) is 11.3 Å². The Morgan fingerprint density at radius 3 is 2.42 bits per heavy atom. The molecule has 9 heteroatoms. The third-order valence-corrected chi connectivity index (χ3v) is 9.00. The maximum absolute atomic E-state index is 13.2. The summed E-state index contributed by atoms with van der Waals surface area (Å²) in [7, 11) is -2.61. The molecule has 2 aromatic carbocycles. The Bertz CT molecular complexity index is 1210. The lowest BCUT2D eigenvalue weighted by atomic mass is 9.91. The molecular formula is C22H20ClNO5S2. The van der Waals surface area contributed by atoms with E-state index in [1.807, 2.05) is 6.07 Å². The molecule has 4 rings (SSSR count). The van der Waals surface area contributed by atoms with Crippen molar-refractivity contribution in [3.05, 3.63) is 77.3 Å². The minimum absolute atomic E-state index is 0.0457. The SMILES string of the molecule is COCC1(c2ccccc2)CC1(NS(=O)(=O)c1ccc(-c2ccc(Cl)cc2)s1)C(=O)O. The Kier molecular flexibility index (Phi) is 5.70. The van der Waals surface area contributed by atoms with Crippen LogP contribution in [0.4, 0.5) is 0 Å². The van der Waals surface area contributed by atoms with Crippen LogP contribution in [0.15, 0.2) is 70.9 Å². The number of methoxy groups -OCH3 is 1. The lowest BCUT2D eigenvalue weighted by molar-refractivity contribution is -0.141. The number of aliphatic carboxylic acids is 1. The van der Waals surface area contributed by atoms with Crippen LogP contribution in [0.2, 0.25) is 5.02 Å². The van der Waals surface area contributed by atoms with Crippen LogP contribution in [-0.4, -0.2) is 38.7 Å². The monoisotopic (exact) mass is 477 g/mol. The number of halogens is 1. The van der Waals surface area contributed by atoms with Gasteiger partial charge in [0.1, 0.15) is 9.75 Å². The smallest absolute Gasteiger partial charge is 0.325 e. The van der Waals surface area contributed by atoms with Crippen molar-refractivity contribution in [3.8, 4) is 10.4 Å². The number of carboxylic acids is 1. The largest absolute Gasteiger partial charge is 0.480 e. The zero-order chi connectivity index (χ0) is 22.3. The quantitative estimate of drug-likeness (QED) is 0.508. The second-order valence-corrected chi connectivity index (χ2v) is 10.9. The summed E-state index contributed by atoms with van der Waals surface area (Å²) in [5, 5.41) is 10.6. The van der Waals surface area contributed by atoms with Gasteiger partial charge in [-0.05, 0) is 41.8 Å². The molecule has 0 bridgehead atoms. The Morgan fingerprint density at radius 2 is 1.81 bits per heavy atom. The van der Waals surface area contributed by atoms with E-state index in [0.29, 0.717) is 5.02 Å². The summed E-state index contributed by atoms with van der Waals surface area (Å²) in [6.07, 6.45) is 0.0990. The van der Waals surface area contributed by atoms with E-state index >= 15 is 0 Å². The number of benzene rings is 2. The number of thiophene rings is 1. The zero-order valence-electron chi connectivity index (χ0n) is 16.5. The van der Waals surface area contributed by atoms with Crippen molar-refractivity contribution in [1.29, 1.82) is 0 Å². The molecule has 0 aliphatic heterocycles. The molecule has 2 unspecified atom stereocenters. The Hall–Kier alpha value is -2.23. The zero-order valence-corrected chi connectivity index (χ0v) is 18.9. The van der Waals surface area contributed by atoms with Gasteiger partial charge in [-0.1, -0.05) is 54.1 Å². The van der Waals surface area contributed by atoms with Gasteiger partial charge in [0, 0.05) is 17.0 Å². The molecule has 0 saturated heterocycles. The van der Waals surface area contributed by atoms with E-state index in [9.17, 15) is 18.3 Å². The van der Waals surface area contributed by atoms with Gasteiger partial charge in [0.25, 0.3) is 10.0 Å². The van der Waals surface area contributed by atoms with Crippen molar-refractivity contribution in [2.45, 2.75) is 21.6 Å². The number of hydrogen-bond acceptors (Lipinski definition) is 5. The highest BCUT2D eigenvalue weighted by molar-refractivity contribution is 7.91. The third kappa shape index (κ3) is 3.79. The first-order valence-corrected chi connectivity index (χ1v) is 12.1. The summed E-state index contributed by atoms with van der Waals surface area (Å²) in [6.45, 7) is 0.0757. The molecule has 1 heterocycles. The Balaban J connectivity index is 1.68. The van der Waals surface area contributed by atoms with Gasteiger partial charge in [0.2, 0.25) is 0 Å². The molecule has 162 valence electrons. The van der Waals surface area contributed by atoms with Crippen LogP contribution in [0, 0.1) is 0 Å². The average Bonchev–Trinajstić information content (AvgIpc) is 3.12. The molecule has 1 aliphatic carbocycles. The molecule has 1 aromatic heterocycles. The fraction of sp³-hybridized carbons (Fsp3) is 0.227. The van der Waals surface area contributed by atoms with Crippen molar-refractivity contribution < 1.29 is 23.1 Å². The van der Waals surface area contributed by atoms with Gasteiger partial charge >= 0.3 is 5.97 Å². The van der Waals surface area contributed by atoms with Gasteiger partial charge in [-0.3, -0.25) is 4.79 Å². The molecule has 3 aromatic rings. The van der Waals surface area contributed by atoms with Crippen LogP contribution >= 0.6 is 22.9 Å². The molecule has 1 aliphatic rings. The van der Waals surface area contributed by atoms with Crippen LogP contribution in [-0.2, 0) is 25.0 Å². The molecule has 6 nitrogen and oxygen atoms in total. The second-order valence-electron chi connectivity index (χ2n) is 7.50. The predicted molar refractivity (Wildman–Crippen MR) is 120 cm³/mol. The van der Waals surface area contributed by atoms with Crippen LogP contribution in [0.25, 0.3) is 10.4 Å². The number of hydrogen-bond donors (Lipinski definition) is 2. The van der Waals surface area contributed by atoms with Gasteiger partial charge in [-0.2, -0.15) is 4.72 Å². The fourth-order valence-corrected chi connectivity index (χ4v) is 6.85. The summed E-state index contributed by atoms with van der Waals surface area (Å²) < 4.78 is 34.2. The van der Waals surface area contributed by atoms with E-state index in [2.05, 4.69) is 4.72 Å². The minimum Gasteiger partial charge on any atom is -0.480 e. The number of sulfonamides is 1. The van der Waals surface area contributed by atoms with E-state index in [1.165, 1.54) is 13.2 Å². The number of rotatable bonds is 8. The highest BCUT2D eigenvalue weighted by Crippen LogP contribution is 2.58. The first kappa shape index (κ1) is 22.0. The fourth-order valence-electron chi connectivity index (χ4n) is 3.99. The highest BCUT2D eigenvalue weighted by Gasteiger charge is 2.75. The third-order valence-electron chi connectivity index (χ3n) is 5.62. The van der Waals surface area contributed by atoms with Crippen molar-refractivity contribution in [2.75, 3.05) is 13.7 Å². The average molecular weight is 478 g/mol. The number of carboxylic acid groups (broad SMARTS) is 1. The molecule has 1 saturated carbocycles. The van der Waals surface area contributed by atoms with Crippen molar-refractivity contribution in [3.63, 3.8) is 0 Å². The molecule has 2 atom stereocenters. The predicted octanol–water partition coefficient (Wildman–Crippen LogP) is 4.16. The van der Waals surface area contributed by atoms with E-state index in [0.717, 1.165) is 27.3 Å². The van der Waals surface area contributed by atoms with Crippen molar-refractivity contribution in [2.24, 2.45) is 0 Å². The van der Waals surface area contributed by atoms with Crippen LogP contribution in [0.3, 0.4) is 0 Å².